The zero-order valence-electron chi connectivity index (χ0n) is 28.8. The Morgan fingerprint density at radius 2 is 0.943 bits per heavy atom. The molecule has 0 saturated carbocycles. The third-order valence-corrected chi connectivity index (χ3v) is 9.78. The molecule has 0 aliphatic carbocycles. The van der Waals surface area contributed by atoms with Gasteiger partial charge in [-0.15, -0.1) is 0 Å². The summed E-state index contributed by atoms with van der Waals surface area (Å²) in [6, 6.07) is 66.4. The number of para-hydroxylation sites is 2. The Morgan fingerprint density at radius 1 is 0.415 bits per heavy atom. The molecule has 5 heteroatoms. The van der Waals surface area contributed by atoms with Crippen molar-refractivity contribution in [2.24, 2.45) is 0 Å². The van der Waals surface area contributed by atoms with Crippen LogP contribution in [0.5, 0.6) is 0 Å². The molecule has 0 unspecified atom stereocenters. The van der Waals surface area contributed by atoms with Gasteiger partial charge in [-0.3, -0.25) is 10.8 Å². The summed E-state index contributed by atoms with van der Waals surface area (Å²) >= 11 is 0. The first-order valence-electron chi connectivity index (χ1n) is 17.6. The number of hydrogen-bond donors (Lipinski definition) is 2. The molecule has 9 aromatic rings. The topological polar surface area (TPSA) is 65.1 Å². The van der Waals surface area contributed by atoms with Gasteiger partial charge < -0.3 is 14.2 Å². The summed E-state index contributed by atoms with van der Waals surface area (Å²) in [5.41, 5.74) is 10.0. The van der Waals surface area contributed by atoms with Gasteiger partial charge in [0.1, 0.15) is 0 Å². The van der Waals surface area contributed by atoms with E-state index in [9.17, 15) is 0 Å². The molecule has 0 saturated heterocycles. The van der Waals surface area contributed by atoms with Crippen molar-refractivity contribution in [1.82, 2.24) is 4.57 Å². The second kappa shape index (κ2) is 13.5. The maximum absolute atomic E-state index is 8.51. The van der Waals surface area contributed by atoms with E-state index in [1.165, 1.54) is 38.3 Å². The molecular formula is C48H34N4O. The molecular weight excluding hydrogens is 649 g/mol. The van der Waals surface area contributed by atoms with Crippen LogP contribution in [0.4, 0.5) is 17.1 Å². The lowest BCUT2D eigenvalue weighted by Crippen LogP contribution is -2.13. The molecule has 0 amide bonds. The average molecular weight is 683 g/mol. The fourth-order valence-electron chi connectivity index (χ4n) is 7.21. The summed E-state index contributed by atoms with van der Waals surface area (Å²) in [5.74, 6) is -0.126. The van der Waals surface area contributed by atoms with Crippen molar-refractivity contribution in [1.29, 1.82) is 10.8 Å². The molecule has 8 aromatic carbocycles. The Bertz CT molecular complexity index is 2760. The van der Waals surface area contributed by atoms with Gasteiger partial charge in [0.05, 0.1) is 16.7 Å². The fraction of sp³-hybridized carbons (Fsp3) is 0. The van der Waals surface area contributed by atoms with Crippen molar-refractivity contribution in [3.8, 4) is 16.8 Å². The van der Waals surface area contributed by atoms with E-state index in [1.54, 1.807) is 12.1 Å². The monoisotopic (exact) mass is 682 g/mol. The smallest absolute Gasteiger partial charge is 0.221 e. The average Bonchev–Trinajstić information content (AvgIpc) is 3.55. The molecule has 9 rings (SSSR count). The van der Waals surface area contributed by atoms with Gasteiger partial charge in [-0.2, -0.15) is 0 Å². The maximum atomic E-state index is 8.51. The number of nitrogens with zero attached hydrogens (tertiary/aromatic N) is 2. The lowest BCUT2D eigenvalue weighted by atomic mass is 10.0. The van der Waals surface area contributed by atoms with Crippen molar-refractivity contribution in [3.05, 3.63) is 205 Å². The van der Waals surface area contributed by atoms with Crippen LogP contribution in [-0.2, 0) is 4.74 Å². The van der Waals surface area contributed by atoms with E-state index in [0.29, 0.717) is 11.1 Å². The summed E-state index contributed by atoms with van der Waals surface area (Å²) in [7, 11) is 0. The van der Waals surface area contributed by atoms with Gasteiger partial charge in [0.2, 0.25) is 11.8 Å². The number of benzene rings is 8. The van der Waals surface area contributed by atoms with Gasteiger partial charge in [-0.05, 0) is 101 Å². The van der Waals surface area contributed by atoms with Gasteiger partial charge >= 0.3 is 0 Å². The highest BCUT2D eigenvalue weighted by atomic mass is 16.5. The summed E-state index contributed by atoms with van der Waals surface area (Å²) in [6.07, 6.45) is 0. The van der Waals surface area contributed by atoms with Crippen LogP contribution in [0.2, 0.25) is 0 Å². The Balaban J connectivity index is 1.05. The molecule has 0 bridgehead atoms. The molecule has 0 radical (unpaired) electrons. The molecule has 53 heavy (non-hydrogen) atoms. The zero-order chi connectivity index (χ0) is 35.7. The summed E-state index contributed by atoms with van der Waals surface area (Å²) in [6.45, 7) is 0. The molecule has 1 aromatic heterocycles. The number of aromatic nitrogens is 1. The minimum atomic E-state index is -0.0711. The van der Waals surface area contributed by atoms with Gasteiger partial charge in [0.15, 0.2) is 0 Å². The molecule has 5 nitrogen and oxygen atoms in total. The molecule has 1 heterocycles. The van der Waals surface area contributed by atoms with E-state index in [2.05, 4.69) is 131 Å². The van der Waals surface area contributed by atoms with Crippen LogP contribution in [0.25, 0.3) is 49.4 Å². The number of anilines is 3. The molecule has 0 atom stereocenters. The van der Waals surface area contributed by atoms with Crippen molar-refractivity contribution < 1.29 is 4.74 Å². The van der Waals surface area contributed by atoms with E-state index < -0.39 is 0 Å². The predicted molar refractivity (Wildman–Crippen MR) is 220 cm³/mol. The highest BCUT2D eigenvalue weighted by Crippen LogP contribution is 2.39. The number of rotatable bonds is 7. The molecule has 0 spiro atoms. The lowest BCUT2D eigenvalue weighted by molar-refractivity contribution is 0.538. The first kappa shape index (κ1) is 31.7. The molecule has 0 aliphatic heterocycles. The number of hydrogen-bond acceptors (Lipinski definition) is 4. The van der Waals surface area contributed by atoms with Crippen LogP contribution in [0.15, 0.2) is 194 Å². The van der Waals surface area contributed by atoms with Crippen molar-refractivity contribution >= 4 is 61.4 Å². The van der Waals surface area contributed by atoms with Crippen molar-refractivity contribution in [2.75, 3.05) is 4.90 Å². The van der Waals surface area contributed by atoms with E-state index in [-0.39, 0.29) is 11.8 Å². The van der Waals surface area contributed by atoms with E-state index in [4.69, 9.17) is 15.6 Å². The van der Waals surface area contributed by atoms with Crippen LogP contribution < -0.4 is 4.90 Å². The fourth-order valence-corrected chi connectivity index (χ4v) is 7.21. The Kier molecular flexibility index (Phi) is 8.06. The van der Waals surface area contributed by atoms with Crippen LogP contribution in [-0.4, -0.2) is 16.4 Å². The number of ether oxygens (including phenoxy) is 1. The SMILES string of the molecule is N=C(OC(=N)c1ccc(N(c2ccccc2)c2ccc(-c3ccc4c(c3)c3ccccc3n4-c3cccc4ccccc34)cc2)cc1)c1ccccc1. The number of fused-ring (bicyclic) bond motifs is 4. The quantitative estimate of drug-likeness (QED) is 0.130. The highest BCUT2D eigenvalue weighted by molar-refractivity contribution is 6.12. The maximum Gasteiger partial charge on any atom is 0.221 e. The molecule has 0 aliphatic rings. The van der Waals surface area contributed by atoms with Crippen molar-refractivity contribution in [2.45, 2.75) is 0 Å². The van der Waals surface area contributed by atoms with Gasteiger partial charge in [-0.1, -0.05) is 109 Å². The summed E-state index contributed by atoms with van der Waals surface area (Å²) < 4.78 is 7.98. The highest BCUT2D eigenvalue weighted by Gasteiger charge is 2.17. The minimum absolute atomic E-state index is 0.0552. The third-order valence-electron chi connectivity index (χ3n) is 9.78. The van der Waals surface area contributed by atoms with E-state index in [1.807, 2.05) is 60.7 Å². The predicted octanol–water partition coefficient (Wildman–Crippen LogP) is 12.4. The first-order valence-corrected chi connectivity index (χ1v) is 17.6. The van der Waals surface area contributed by atoms with Crippen LogP contribution >= 0.6 is 0 Å². The lowest BCUT2D eigenvalue weighted by Gasteiger charge is -2.26. The minimum Gasteiger partial charge on any atom is -0.421 e. The summed E-state index contributed by atoms with van der Waals surface area (Å²) in [5, 5.41) is 21.7. The largest absolute Gasteiger partial charge is 0.421 e. The molecule has 2 N–H and O–H groups in total. The summed E-state index contributed by atoms with van der Waals surface area (Å²) in [4.78, 5) is 2.20. The number of nitrogens with one attached hydrogen (secondary N) is 2. The zero-order valence-corrected chi connectivity index (χ0v) is 28.8. The van der Waals surface area contributed by atoms with E-state index >= 15 is 0 Å². The molecule has 0 fully saturated rings. The molecule has 252 valence electrons. The van der Waals surface area contributed by atoms with Gasteiger partial charge in [-0.25, -0.2) is 0 Å². The van der Waals surface area contributed by atoms with Gasteiger partial charge in [0.25, 0.3) is 0 Å². The standard InChI is InChI=1S/C48H34N4O/c49-47(35-13-3-1-4-14-35)53-48(50)36-24-29-40(30-25-36)51(38-16-5-2-6-17-38)39-27-22-33(23-28-39)37-26-31-46-43(32-37)42-19-9-10-20-45(42)52(46)44-21-11-15-34-12-7-8-18-41(34)44/h1-32,49-50H. The first-order chi connectivity index (χ1) is 26.1. The second-order valence-electron chi connectivity index (χ2n) is 13.0. The van der Waals surface area contributed by atoms with Crippen LogP contribution in [0.3, 0.4) is 0 Å². The van der Waals surface area contributed by atoms with Gasteiger partial charge in [0, 0.05) is 44.3 Å². The second-order valence-corrected chi connectivity index (χ2v) is 13.0. The Hall–Kier alpha value is -7.24. The van der Waals surface area contributed by atoms with Crippen LogP contribution in [0.1, 0.15) is 11.1 Å². The Morgan fingerprint density at radius 3 is 1.68 bits per heavy atom. The van der Waals surface area contributed by atoms with Crippen LogP contribution in [0, 0.1) is 10.8 Å². The van der Waals surface area contributed by atoms with Crippen molar-refractivity contribution in [3.63, 3.8) is 0 Å². The third kappa shape index (κ3) is 5.90. The normalized spacial score (nSPS) is 11.2. The Labute approximate surface area is 307 Å². The van der Waals surface area contributed by atoms with E-state index in [0.717, 1.165) is 28.2 Å².